The summed E-state index contributed by atoms with van der Waals surface area (Å²) < 4.78 is 2.12. The highest BCUT2D eigenvalue weighted by molar-refractivity contribution is 5.73. The number of rotatable bonds is 6. The molecule has 0 saturated carbocycles. The zero-order chi connectivity index (χ0) is 17.6. The molecular weight excluding hydrogens is 312 g/mol. The van der Waals surface area contributed by atoms with Crippen LogP contribution in [-0.4, -0.2) is 42.2 Å². The second kappa shape index (κ2) is 8.10. The Morgan fingerprint density at radius 1 is 1.28 bits per heavy atom. The van der Waals surface area contributed by atoms with E-state index in [2.05, 4.69) is 64.4 Å². The number of nitrogens with zero attached hydrogens (tertiary/aromatic N) is 3. The SMILES string of the molecule is CCn1ccc(CN(C)C(=O)NCC2CCN(c3ccccc3)C2)c1. The Morgan fingerprint density at radius 3 is 2.80 bits per heavy atom. The van der Waals surface area contributed by atoms with Gasteiger partial charge in [0.05, 0.1) is 0 Å². The van der Waals surface area contributed by atoms with Crippen molar-refractivity contribution in [3.05, 3.63) is 54.4 Å². The van der Waals surface area contributed by atoms with Crippen molar-refractivity contribution < 1.29 is 4.79 Å². The summed E-state index contributed by atoms with van der Waals surface area (Å²) in [5.41, 5.74) is 2.43. The predicted molar refractivity (Wildman–Crippen MR) is 102 cm³/mol. The van der Waals surface area contributed by atoms with Crippen LogP contribution in [0.4, 0.5) is 10.5 Å². The van der Waals surface area contributed by atoms with Gasteiger partial charge >= 0.3 is 6.03 Å². The van der Waals surface area contributed by atoms with Crippen LogP contribution in [0.15, 0.2) is 48.8 Å². The number of hydrogen-bond acceptors (Lipinski definition) is 2. The van der Waals surface area contributed by atoms with Crippen LogP contribution < -0.4 is 10.2 Å². The highest BCUT2D eigenvalue weighted by Crippen LogP contribution is 2.22. The summed E-state index contributed by atoms with van der Waals surface area (Å²) in [6.45, 7) is 6.51. The molecular formula is C20H28N4O. The average molecular weight is 340 g/mol. The van der Waals surface area contributed by atoms with Gasteiger partial charge in [-0.25, -0.2) is 4.79 Å². The number of nitrogens with one attached hydrogen (secondary N) is 1. The minimum absolute atomic E-state index is 0.00223. The van der Waals surface area contributed by atoms with Crippen molar-refractivity contribution in [2.24, 2.45) is 5.92 Å². The Morgan fingerprint density at radius 2 is 2.08 bits per heavy atom. The highest BCUT2D eigenvalue weighted by Gasteiger charge is 2.23. The lowest BCUT2D eigenvalue weighted by Crippen LogP contribution is -2.39. The third-order valence-electron chi connectivity index (χ3n) is 4.89. The molecule has 2 heterocycles. The van der Waals surface area contributed by atoms with Crippen molar-refractivity contribution in [1.82, 2.24) is 14.8 Å². The van der Waals surface area contributed by atoms with Gasteiger partial charge in [-0.15, -0.1) is 0 Å². The average Bonchev–Trinajstić information content (AvgIpc) is 3.29. The topological polar surface area (TPSA) is 40.5 Å². The number of carbonyl (C=O) groups excluding carboxylic acids is 1. The fraction of sp³-hybridized carbons (Fsp3) is 0.450. The summed E-state index contributed by atoms with van der Waals surface area (Å²) in [5.74, 6) is 0.513. The van der Waals surface area contributed by atoms with Crippen LogP contribution in [-0.2, 0) is 13.1 Å². The molecule has 1 aliphatic heterocycles. The summed E-state index contributed by atoms with van der Waals surface area (Å²) in [6, 6.07) is 12.6. The molecule has 1 unspecified atom stereocenters. The Balaban J connectivity index is 1.43. The third-order valence-corrected chi connectivity index (χ3v) is 4.89. The lowest BCUT2D eigenvalue weighted by Gasteiger charge is -2.20. The molecule has 2 amide bonds. The van der Waals surface area contributed by atoms with Gasteiger partial charge in [-0.3, -0.25) is 0 Å². The molecule has 0 spiro atoms. The fourth-order valence-electron chi connectivity index (χ4n) is 3.37. The lowest BCUT2D eigenvalue weighted by atomic mass is 10.1. The van der Waals surface area contributed by atoms with E-state index in [0.29, 0.717) is 12.5 Å². The predicted octanol–water partition coefficient (Wildman–Crippen LogP) is 3.18. The number of hydrogen-bond donors (Lipinski definition) is 1. The standard InChI is InChI=1S/C20H28N4O/c1-3-23-11-9-18(15-23)14-22(2)20(25)21-13-17-10-12-24(16-17)19-7-5-4-6-8-19/h4-9,11,15,17H,3,10,12-14,16H2,1-2H3,(H,21,25). The van der Waals surface area contributed by atoms with Gasteiger partial charge in [-0.05, 0) is 43.0 Å². The summed E-state index contributed by atoms with van der Waals surface area (Å²) >= 11 is 0. The van der Waals surface area contributed by atoms with Crippen LogP contribution in [0.3, 0.4) is 0 Å². The zero-order valence-electron chi connectivity index (χ0n) is 15.2. The van der Waals surface area contributed by atoms with Crippen LogP contribution in [0, 0.1) is 5.92 Å². The molecule has 1 aliphatic rings. The van der Waals surface area contributed by atoms with E-state index in [4.69, 9.17) is 0 Å². The number of para-hydroxylation sites is 1. The van der Waals surface area contributed by atoms with Crippen molar-refractivity contribution in [2.45, 2.75) is 26.4 Å². The fourth-order valence-corrected chi connectivity index (χ4v) is 3.37. The van der Waals surface area contributed by atoms with E-state index in [0.717, 1.165) is 38.2 Å². The van der Waals surface area contributed by atoms with Gasteiger partial charge in [0.25, 0.3) is 0 Å². The number of aromatic nitrogens is 1. The third kappa shape index (κ3) is 4.56. The molecule has 0 radical (unpaired) electrons. The smallest absolute Gasteiger partial charge is 0.317 e. The van der Waals surface area contributed by atoms with Gasteiger partial charge in [-0.1, -0.05) is 18.2 Å². The van der Waals surface area contributed by atoms with Gasteiger partial charge in [-0.2, -0.15) is 0 Å². The first kappa shape index (κ1) is 17.4. The van der Waals surface area contributed by atoms with E-state index >= 15 is 0 Å². The molecule has 2 aromatic rings. The maximum Gasteiger partial charge on any atom is 0.317 e. The molecule has 3 rings (SSSR count). The minimum Gasteiger partial charge on any atom is -0.371 e. The van der Waals surface area contributed by atoms with Crippen molar-refractivity contribution in [3.63, 3.8) is 0 Å². The maximum absolute atomic E-state index is 12.3. The molecule has 5 nitrogen and oxygen atoms in total. The van der Waals surface area contributed by atoms with Gasteiger partial charge in [0.1, 0.15) is 0 Å². The molecule has 134 valence electrons. The second-order valence-electron chi connectivity index (χ2n) is 6.83. The highest BCUT2D eigenvalue weighted by atomic mass is 16.2. The van der Waals surface area contributed by atoms with E-state index in [-0.39, 0.29) is 6.03 Å². The molecule has 25 heavy (non-hydrogen) atoms. The van der Waals surface area contributed by atoms with Crippen molar-refractivity contribution >= 4 is 11.7 Å². The molecule has 0 aliphatic carbocycles. The normalized spacial score (nSPS) is 16.9. The van der Waals surface area contributed by atoms with Gasteiger partial charge in [0.15, 0.2) is 0 Å². The molecule has 1 aromatic carbocycles. The Labute approximate surface area is 150 Å². The van der Waals surface area contributed by atoms with Crippen molar-refractivity contribution in [3.8, 4) is 0 Å². The first-order valence-electron chi connectivity index (χ1n) is 9.09. The zero-order valence-corrected chi connectivity index (χ0v) is 15.2. The van der Waals surface area contributed by atoms with Crippen LogP contribution in [0.25, 0.3) is 0 Å². The molecule has 1 saturated heterocycles. The molecule has 5 heteroatoms. The molecule has 0 bridgehead atoms. The summed E-state index contributed by atoms with van der Waals surface area (Å²) in [7, 11) is 1.85. The van der Waals surface area contributed by atoms with Crippen LogP contribution in [0.2, 0.25) is 0 Å². The number of urea groups is 1. The Kier molecular flexibility index (Phi) is 5.64. The molecule has 1 fully saturated rings. The summed E-state index contributed by atoms with van der Waals surface area (Å²) in [6.07, 6.45) is 5.27. The molecule has 1 N–H and O–H groups in total. The molecule has 1 aromatic heterocycles. The maximum atomic E-state index is 12.3. The Bertz CT molecular complexity index is 682. The second-order valence-corrected chi connectivity index (χ2v) is 6.83. The van der Waals surface area contributed by atoms with Crippen LogP contribution >= 0.6 is 0 Å². The van der Waals surface area contributed by atoms with Gasteiger partial charge in [0.2, 0.25) is 0 Å². The van der Waals surface area contributed by atoms with Crippen molar-refractivity contribution in [2.75, 3.05) is 31.6 Å². The quantitative estimate of drug-likeness (QED) is 0.877. The summed E-state index contributed by atoms with van der Waals surface area (Å²) in [4.78, 5) is 16.5. The van der Waals surface area contributed by atoms with Crippen LogP contribution in [0.5, 0.6) is 0 Å². The number of amides is 2. The van der Waals surface area contributed by atoms with E-state index < -0.39 is 0 Å². The van der Waals surface area contributed by atoms with E-state index in [1.807, 2.05) is 13.1 Å². The van der Waals surface area contributed by atoms with Gasteiger partial charge < -0.3 is 19.7 Å². The van der Waals surface area contributed by atoms with E-state index in [1.165, 1.54) is 5.69 Å². The first-order chi connectivity index (χ1) is 12.2. The number of anilines is 1. The number of aryl methyl sites for hydroxylation is 1. The van der Waals surface area contributed by atoms with Crippen molar-refractivity contribution in [1.29, 1.82) is 0 Å². The number of benzene rings is 1. The Hall–Kier alpha value is -2.43. The lowest BCUT2D eigenvalue weighted by molar-refractivity contribution is 0.205. The van der Waals surface area contributed by atoms with E-state index in [1.54, 1.807) is 4.90 Å². The molecule has 1 atom stereocenters. The first-order valence-corrected chi connectivity index (χ1v) is 9.09. The summed E-state index contributed by atoms with van der Waals surface area (Å²) in [5, 5.41) is 3.09. The van der Waals surface area contributed by atoms with Crippen LogP contribution in [0.1, 0.15) is 18.9 Å². The number of carbonyl (C=O) groups is 1. The largest absolute Gasteiger partial charge is 0.371 e. The minimum atomic E-state index is 0.00223. The van der Waals surface area contributed by atoms with E-state index in [9.17, 15) is 4.79 Å². The van der Waals surface area contributed by atoms with Gasteiger partial charge in [0, 0.05) is 57.9 Å². The monoisotopic (exact) mass is 340 g/mol.